The number of furan rings is 1. The van der Waals surface area contributed by atoms with Gasteiger partial charge in [-0.1, -0.05) is 24.3 Å². The molecule has 0 aliphatic carbocycles. The van der Waals surface area contributed by atoms with Crippen molar-refractivity contribution in [3.05, 3.63) is 82.5 Å². The third kappa shape index (κ3) is 5.08. The summed E-state index contributed by atoms with van der Waals surface area (Å²) in [5.41, 5.74) is 2.60. The molecule has 0 saturated carbocycles. The summed E-state index contributed by atoms with van der Waals surface area (Å²) in [6.07, 6.45) is 3.66. The van der Waals surface area contributed by atoms with E-state index < -0.39 is 5.97 Å². The van der Waals surface area contributed by atoms with E-state index in [4.69, 9.17) is 14.1 Å². The van der Waals surface area contributed by atoms with E-state index in [0.717, 1.165) is 36.3 Å². The van der Waals surface area contributed by atoms with E-state index in [0.29, 0.717) is 28.1 Å². The Kier molecular flexibility index (Phi) is 6.57. The predicted molar refractivity (Wildman–Crippen MR) is 136 cm³/mol. The average Bonchev–Trinajstić information content (AvgIpc) is 3.59. The lowest BCUT2D eigenvalue weighted by Gasteiger charge is -2.19. The topological polar surface area (TPSA) is 92.3 Å². The van der Waals surface area contributed by atoms with Crippen molar-refractivity contribution in [3.63, 3.8) is 0 Å². The van der Waals surface area contributed by atoms with Crippen LogP contribution in [0.15, 0.2) is 75.0 Å². The maximum atomic E-state index is 13.3. The number of thioether (sulfide) groups is 1. The molecule has 8 heteroatoms. The van der Waals surface area contributed by atoms with E-state index in [9.17, 15) is 14.7 Å². The molecule has 1 N–H and O–H groups in total. The SMILES string of the molecule is Cc1cc(C(=O)O)ccc1-c1ccc(/C=C2\SC(=Nc3ccccc3)N(C[C@@H]3CCCO3)C2=O)o1. The van der Waals surface area contributed by atoms with Crippen LogP contribution in [-0.4, -0.2) is 46.3 Å². The zero-order chi connectivity index (χ0) is 24.4. The fourth-order valence-electron chi connectivity index (χ4n) is 4.13. The largest absolute Gasteiger partial charge is 0.478 e. The van der Waals surface area contributed by atoms with Gasteiger partial charge in [0.1, 0.15) is 11.5 Å². The van der Waals surface area contributed by atoms with Gasteiger partial charge in [-0.2, -0.15) is 0 Å². The van der Waals surface area contributed by atoms with Crippen molar-refractivity contribution in [3.8, 4) is 11.3 Å². The Labute approximate surface area is 207 Å². The fraction of sp³-hybridized carbons (Fsp3) is 0.222. The molecule has 3 aromatic rings. The standard InChI is InChI=1S/C27H24N2O5S/c1-17-14-18(26(31)32)9-11-22(17)23-12-10-20(34-23)15-24-25(30)29(16-21-8-5-13-33-21)27(35-24)28-19-6-3-2-4-7-19/h2-4,6-7,9-12,14-15,21H,5,8,13,16H2,1H3,(H,31,32)/b24-15-,28-27?/t21-/m0/s1. The zero-order valence-corrected chi connectivity index (χ0v) is 20.0. The first-order chi connectivity index (χ1) is 17.0. The van der Waals surface area contributed by atoms with Gasteiger partial charge < -0.3 is 14.3 Å². The van der Waals surface area contributed by atoms with E-state index in [1.807, 2.05) is 43.3 Å². The number of aliphatic imine (C=N–C) groups is 1. The Hall–Kier alpha value is -3.62. The lowest BCUT2D eigenvalue weighted by molar-refractivity contribution is -0.123. The summed E-state index contributed by atoms with van der Waals surface area (Å²) in [6, 6.07) is 18.1. The van der Waals surface area contributed by atoms with E-state index in [2.05, 4.69) is 0 Å². The summed E-state index contributed by atoms with van der Waals surface area (Å²) < 4.78 is 11.8. The van der Waals surface area contributed by atoms with Crippen molar-refractivity contribution in [1.82, 2.24) is 4.90 Å². The summed E-state index contributed by atoms with van der Waals surface area (Å²) in [4.78, 5) is 31.5. The number of carbonyl (C=O) groups excluding carboxylic acids is 1. The molecular weight excluding hydrogens is 464 g/mol. The molecule has 0 bridgehead atoms. The van der Waals surface area contributed by atoms with Crippen LogP contribution in [0.25, 0.3) is 17.4 Å². The number of carbonyl (C=O) groups is 2. The first-order valence-electron chi connectivity index (χ1n) is 11.4. The fourth-order valence-corrected chi connectivity index (χ4v) is 5.12. The van der Waals surface area contributed by atoms with Gasteiger partial charge in [0.2, 0.25) is 0 Å². The second-order valence-electron chi connectivity index (χ2n) is 8.43. The smallest absolute Gasteiger partial charge is 0.335 e. The van der Waals surface area contributed by atoms with Gasteiger partial charge in [-0.05, 0) is 73.5 Å². The molecule has 2 aliphatic rings. The van der Waals surface area contributed by atoms with Gasteiger partial charge in [0.25, 0.3) is 5.91 Å². The number of aryl methyl sites for hydroxylation is 1. The molecule has 5 rings (SSSR count). The summed E-state index contributed by atoms with van der Waals surface area (Å²) in [7, 11) is 0. The molecule has 7 nitrogen and oxygen atoms in total. The second-order valence-corrected chi connectivity index (χ2v) is 9.44. The van der Waals surface area contributed by atoms with E-state index in [1.54, 1.807) is 35.2 Å². The molecule has 2 saturated heterocycles. The molecule has 0 spiro atoms. The van der Waals surface area contributed by atoms with Gasteiger partial charge in [-0.3, -0.25) is 9.69 Å². The predicted octanol–water partition coefficient (Wildman–Crippen LogP) is 5.74. The third-order valence-corrected chi connectivity index (χ3v) is 6.92. The number of carboxylic acid groups (broad SMARTS) is 1. The van der Waals surface area contributed by atoms with Crippen molar-refractivity contribution in [1.29, 1.82) is 0 Å². The monoisotopic (exact) mass is 488 g/mol. The van der Waals surface area contributed by atoms with Crippen molar-refractivity contribution in [2.45, 2.75) is 25.9 Å². The van der Waals surface area contributed by atoms with Crippen molar-refractivity contribution >= 4 is 40.6 Å². The number of nitrogens with zero attached hydrogens (tertiary/aromatic N) is 2. The van der Waals surface area contributed by atoms with Gasteiger partial charge in [-0.25, -0.2) is 9.79 Å². The lowest BCUT2D eigenvalue weighted by atomic mass is 10.0. The normalized spacial score (nSPS) is 20.3. The molecule has 1 aromatic heterocycles. The molecule has 2 aromatic carbocycles. The van der Waals surface area contributed by atoms with Crippen LogP contribution < -0.4 is 0 Å². The number of amides is 1. The first kappa shape index (κ1) is 23.1. The number of carboxylic acids is 1. The number of hydrogen-bond donors (Lipinski definition) is 1. The van der Waals surface area contributed by atoms with Crippen LogP contribution in [0.4, 0.5) is 5.69 Å². The van der Waals surface area contributed by atoms with Crippen LogP contribution in [0.3, 0.4) is 0 Å². The number of amidine groups is 1. The van der Waals surface area contributed by atoms with Gasteiger partial charge in [0.15, 0.2) is 5.17 Å². The van der Waals surface area contributed by atoms with Crippen molar-refractivity contribution in [2.24, 2.45) is 4.99 Å². The van der Waals surface area contributed by atoms with Crippen LogP contribution in [0, 0.1) is 6.92 Å². The summed E-state index contributed by atoms with van der Waals surface area (Å²) in [5, 5.41) is 9.82. The zero-order valence-electron chi connectivity index (χ0n) is 19.1. The highest BCUT2D eigenvalue weighted by Gasteiger charge is 2.36. The van der Waals surface area contributed by atoms with Gasteiger partial charge in [0, 0.05) is 18.2 Å². The highest BCUT2D eigenvalue weighted by molar-refractivity contribution is 8.18. The van der Waals surface area contributed by atoms with E-state index in [-0.39, 0.29) is 17.6 Å². The minimum absolute atomic E-state index is 0.00633. The molecule has 35 heavy (non-hydrogen) atoms. The maximum absolute atomic E-state index is 13.3. The van der Waals surface area contributed by atoms with Crippen LogP contribution in [-0.2, 0) is 9.53 Å². The molecule has 0 radical (unpaired) electrons. The molecule has 0 unspecified atom stereocenters. The quantitative estimate of drug-likeness (QED) is 0.445. The Morgan fingerprint density at radius 1 is 1.20 bits per heavy atom. The number of hydrogen-bond acceptors (Lipinski definition) is 6. The molecular formula is C27H24N2O5S. The minimum Gasteiger partial charge on any atom is -0.478 e. The van der Waals surface area contributed by atoms with Crippen LogP contribution in [0.1, 0.15) is 34.5 Å². The third-order valence-electron chi connectivity index (χ3n) is 5.92. The number of para-hydroxylation sites is 1. The van der Waals surface area contributed by atoms with Gasteiger partial charge in [-0.15, -0.1) is 0 Å². The van der Waals surface area contributed by atoms with Crippen LogP contribution >= 0.6 is 11.8 Å². The molecule has 1 amide bonds. The highest BCUT2D eigenvalue weighted by atomic mass is 32.2. The molecule has 2 aliphatic heterocycles. The van der Waals surface area contributed by atoms with Crippen LogP contribution in [0.2, 0.25) is 0 Å². The Balaban J connectivity index is 1.42. The van der Waals surface area contributed by atoms with E-state index >= 15 is 0 Å². The summed E-state index contributed by atoms with van der Waals surface area (Å²) >= 11 is 1.32. The Morgan fingerprint density at radius 2 is 2.03 bits per heavy atom. The lowest BCUT2D eigenvalue weighted by Crippen LogP contribution is -2.36. The minimum atomic E-state index is -0.971. The van der Waals surface area contributed by atoms with Crippen molar-refractivity contribution < 1.29 is 23.8 Å². The average molecular weight is 489 g/mol. The second kappa shape index (κ2) is 9.93. The molecule has 1 atom stereocenters. The summed E-state index contributed by atoms with van der Waals surface area (Å²) in [6.45, 7) is 3.02. The van der Waals surface area contributed by atoms with Gasteiger partial charge in [0.05, 0.1) is 28.8 Å². The van der Waals surface area contributed by atoms with Gasteiger partial charge >= 0.3 is 5.97 Å². The molecule has 2 fully saturated rings. The number of rotatable bonds is 6. The number of benzene rings is 2. The first-order valence-corrected chi connectivity index (χ1v) is 12.2. The van der Waals surface area contributed by atoms with E-state index in [1.165, 1.54) is 11.8 Å². The molecule has 178 valence electrons. The molecule has 3 heterocycles. The van der Waals surface area contributed by atoms with Crippen molar-refractivity contribution in [2.75, 3.05) is 13.2 Å². The Morgan fingerprint density at radius 3 is 2.74 bits per heavy atom. The maximum Gasteiger partial charge on any atom is 0.335 e. The number of ether oxygens (including phenoxy) is 1. The highest BCUT2D eigenvalue weighted by Crippen LogP contribution is 2.36. The van der Waals surface area contributed by atoms with Crippen LogP contribution in [0.5, 0.6) is 0 Å². The summed E-state index contributed by atoms with van der Waals surface area (Å²) in [5.74, 6) is 0.0497. The Bertz CT molecular complexity index is 1320. The number of aromatic carboxylic acids is 1.